The average molecular weight is 393 g/mol. The fraction of sp³-hybridized carbons (Fsp3) is 0.364. The molecule has 2 aromatic carbocycles. The van der Waals surface area contributed by atoms with E-state index in [1.165, 1.54) is 5.56 Å². The van der Waals surface area contributed by atoms with Gasteiger partial charge in [-0.25, -0.2) is 4.98 Å². The standard InChI is InChI=1S/C22H23N3O4/c1-13-7-16-8-15(3-4-19(16)29-13)11-23-22(26)12-25-14(2)24-17-9-20-21(10-18(17)25)28-6-5-27-20/h3-4,8-10,13H,5-7,11-12H2,1-2H3,(H,23,26). The maximum Gasteiger partial charge on any atom is 0.240 e. The molecule has 0 bridgehead atoms. The Hall–Kier alpha value is -3.22. The lowest BCUT2D eigenvalue weighted by atomic mass is 10.1. The number of amides is 1. The molecule has 1 aromatic heterocycles. The highest BCUT2D eigenvalue weighted by Gasteiger charge is 2.20. The molecule has 29 heavy (non-hydrogen) atoms. The van der Waals surface area contributed by atoms with Crippen LogP contribution in [0.5, 0.6) is 17.2 Å². The largest absolute Gasteiger partial charge is 0.490 e. The molecular weight excluding hydrogens is 370 g/mol. The highest BCUT2D eigenvalue weighted by Crippen LogP contribution is 2.34. The molecule has 150 valence electrons. The van der Waals surface area contributed by atoms with Crippen LogP contribution in [0, 0.1) is 6.92 Å². The van der Waals surface area contributed by atoms with E-state index >= 15 is 0 Å². The van der Waals surface area contributed by atoms with E-state index in [2.05, 4.69) is 23.3 Å². The molecule has 2 aliphatic heterocycles. The van der Waals surface area contributed by atoms with Gasteiger partial charge < -0.3 is 24.1 Å². The van der Waals surface area contributed by atoms with Crippen LogP contribution >= 0.6 is 0 Å². The number of fused-ring (bicyclic) bond motifs is 3. The van der Waals surface area contributed by atoms with Crippen LogP contribution in [0.3, 0.4) is 0 Å². The van der Waals surface area contributed by atoms with Crippen molar-refractivity contribution in [3.63, 3.8) is 0 Å². The monoisotopic (exact) mass is 393 g/mol. The third-order valence-corrected chi connectivity index (χ3v) is 5.35. The van der Waals surface area contributed by atoms with Crippen LogP contribution in [0.4, 0.5) is 0 Å². The van der Waals surface area contributed by atoms with E-state index in [9.17, 15) is 4.79 Å². The van der Waals surface area contributed by atoms with Gasteiger partial charge in [0.1, 0.15) is 37.4 Å². The second-order valence-electron chi connectivity index (χ2n) is 7.58. The van der Waals surface area contributed by atoms with E-state index in [4.69, 9.17) is 14.2 Å². The molecule has 0 radical (unpaired) electrons. The Morgan fingerprint density at radius 3 is 2.79 bits per heavy atom. The van der Waals surface area contributed by atoms with Crippen molar-refractivity contribution in [1.82, 2.24) is 14.9 Å². The van der Waals surface area contributed by atoms with Gasteiger partial charge in [-0.05, 0) is 31.0 Å². The molecule has 0 aliphatic carbocycles. The minimum Gasteiger partial charge on any atom is -0.490 e. The van der Waals surface area contributed by atoms with Gasteiger partial charge in [0.2, 0.25) is 5.91 Å². The first-order valence-electron chi connectivity index (χ1n) is 9.88. The normalized spacial score (nSPS) is 17.1. The highest BCUT2D eigenvalue weighted by molar-refractivity contribution is 5.83. The second kappa shape index (κ2) is 6.99. The van der Waals surface area contributed by atoms with Gasteiger partial charge in [0.05, 0.1) is 11.0 Å². The van der Waals surface area contributed by atoms with Crippen molar-refractivity contribution in [3.05, 3.63) is 47.3 Å². The summed E-state index contributed by atoms with van der Waals surface area (Å²) in [5.74, 6) is 3.06. The van der Waals surface area contributed by atoms with E-state index in [1.807, 2.05) is 35.8 Å². The van der Waals surface area contributed by atoms with Gasteiger partial charge in [-0.15, -0.1) is 0 Å². The first-order valence-corrected chi connectivity index (χ1v) is 9.88. The molecule has 0 spiro atoms. The summed E-state index contributed by atoms with van der Waals surface area (Å²) in [6.45, 7) is 5.71. The number of nitrogens with zero attached hydrogens (tertiary/aromatic N) is 2. The first-order chi connectivity index (χ1) is 14.1. The van der Waals surface area contributed by atoms with E-state index < -0.39 is 0 Å². The van der Waals surface area contributed by atoms with Crippen LogP contribution in [0.1, 0.15) is 23.9 Å². The number of aromatic nitrogens is 2. The number of aryl methyl sites for hydroxylation is 1. The number of rotatable bonds is 4. The Morgan fingerprint density at radius 2 is 1.97 bits per heavy atom. The zero-order valence-electron chi connectivity index (χ0n) is 16.5. The Kier molecular flexibility index (Phi) is 4.30. The van der Waals surface area contributed by atoms with Gasteiger partial charge in [0.25, 0.3) is 0 Å². The van der Waals surface area contributed by atoms with Gasteiger partial charge in [-0.2, -0.15) is 0 Å². The van der Waals surface area contributed by atoms with Gasteiger partial charge in [0.15, 0.2) is 11.5 Å². The average Bonchev–Trinajstić information content (AvgIpc) is 3.22. The van der Waals surface area contributed by atoms with Crippen LogP contribution in [0.25, 0.3) is 11.0 Å². The Morgan fingerprint density at radius 1 is 1.17 bits per heavy atom. The molecule has 0 saturated heterocycles. The molecule has 0 fully saturated rings. The number of ether oxygens (including phenoxy) is 3. The summed E-state index contributed by atoms with van der Waals surface area (Å²) < 4.78 is 18.9. The summed E-state index contributed by atoms with van der Waals surface area (Å²) in [5, 5.41) is 3.01. The summed E-state index contributed by atoms with van der Waals surface area (Å²) in [5.41, 5.74) is 3.94. The minimum absolute atomic E-state index is 0.0626. The fourth-order valence-electron chi connectivity index (χ4n) is 3.97. The third-order valence-electron chi connectivity index (χ3n) is 5.35. The van der Waals surface area contributed by atoms with Crippen LogP contribution in [0.15, 0.2) is 30.3 Å². The maximum absolute atomic E-state index is 12.6. The molecule has 3 aromatic rings. The molecule has 7 nitrogen and oxygen atoms in total. The van der Waals surface area contributed by atoms with E-state index in [0.717, 1.165) is 34.6 Å². The summed E-state index contributed by atoms with van der Waals surface area (Å²) >= 11 is 0. The van der Waals surface area contributed by atoms with Gasteiger partial charge in [-0.1, -0.05) is 12.1 Å². The fourth-order valence-corrected chi connectivity index (χ4v) is 3.97. The van der Waals surface area contributed by atoms with Gasteiger partial charge in [-0.3, -0.25) is 4.79 Å². The predicted octanol–water partition coefficient (Wildman–Crippen LogP) is 2.76. The smallest absolute Gasteiger partial charge is 0.240 e. The Bertz CT molecular complexity index is 1110. The van der Waals surface area contributed by atoms with Crippen LogP contribution in [0.2, 0.25) is 0 Å². The number of nitrogens with one attached hydrogen (secondary N) is 1. The molecule has 0 saturated carbocycles. The maximum atomic E-state index is 12.6. The molecule has 3 heterocycles. The number of carbonyl (C=O) groups excluding carboxylic acids is 1. The topological polar surface area (TPSA) is 74.6 Å². The van der Waals surface area contributed by atoms with Crippen LogP contribution < -0.4 is 19.5 Å². The number of hydrogen-bond acceptors (Lipinski definition) is 5. The summed E-state index contributed by atoms with van der Waals surface area (Å²) in [4.78, 5) is 17.2. The number of carbonyl (C=O) groups is 1. The highest BCUT2D eigenvalue weighted by atomic mass is 16.6. The Balaban J connectivity index is 1.30. The molecule has 1 unspecified atom stereocenters. The van der Waals surface area contributed by atoms with Crippen molar-refractivity contribution in [2.75, 3.05) is 13.2 Å². The van der Waals surface area contributed by atoms with Crippen molar-refractivity contribution in [2.45, 2.75) is 39.5 Å². The van der Waals surface area contributed by atoms with Crippen molar-refractivity contribution in [1.29, 1.82) is 0 Å². The SMILES string of the molecule is Cc1nc2cc3c(cc2n1CC(=O)NCc1ccc2c(c1)CC(C)O2)OCCO3. The first kappa shape index (κ1) is 17.8. The summed E-state index contributed by atoms with van der Waals surface area (Å²) in [6.07, 6.45) is 1.13. The van der Waals surface area contributed by atoms with Crippen molar-refractivity contribution in [2.24, 2.45) is 0 Å². The lowest BCUT2D eigenvalue weighted by Crippen LogP contribution is -2.27. The second-order valence-corrected chi connectivity index (χ2v) is 7.58. The lowest BCUT2D eigenvalue weighted by molar-refractivity contribution is -0.121. The predicted molar refractivity (Wildman–Crippen MR) is 108 cm³/mol. The zero-order valence-corrected chi connectivity index (χ0v) is 16.5. The molecule has 2 aliphatic rings. The van der Waals surface area contributed by atoms with Crippen LogP contribution in [-0.2, 0) is 24.3 Å². The minimum atomic E-state index is -0.0626. The van der Waals surface area contributed by atoms with Crippen LogP contribution in [-0.4, -0.2) is 34.8 Å². The van der Waals surface area contributed by atoms with Crippen molar-refractivity contribution >= 4 is 16.9 Å². The van der Waals surface area contributed by atoms with E-state index in [0.29, 0.717) is 31.3 Å². The molecule has 5 rings (SSSR count). The summed E-state index contributed by atoms with van der Waals surface area (Å²) in [7, 11) is 0. The third kappa shape index (κ3) is 3.37. The van der Waals surface area contributed by atoms with Gasteiger partial charge in [0, 0.05) is 25.1 Å². The van der Waals surface area contributed by atoms with E-state index in [1.54, 1.807) is 0 Å². The lowest BCUT2D eigenvalue weighted by Gasteiger charge is -2.18. The summed E-state index contributed by atoms with van der Waals surface area (Å²) in [6, 6.07) is 9.87. The van der Waals surface area contributed by atoms with Crippen molar-refractivity contribution in [3.8, 4) is 17.2 Å². The number of hydrogen-bond donors (Lipinski definition) is 1. The molecule has 1 N–H and O–H groups in total. The zero-order chi connectivity index (χ0) is 20.0. The molecule has 1 amide bonds. The molecule has 7 heteroatoms. The molecular formula is C22H23N3O4. The molecule has 1 atom stereocenters. The quantitative estimate of drug-likeness (QED) is 0.738. The number of imidazole rings is 1. The van der Waals surface area contributed by atoms with Gasteiger partial charge >= 0.3 is 0 Å². The number of benzene rings is 2. The van der Waals surface area contributed by atoms with Crippen molar-refractivity contribution < 1.29 is 19.0 Å². The Labute approximate surface area is 168 Å². The van der Waals surface area contributed by atoms with E-state index in [-0.39, 0.29) is 18.6 Å².